The third kappa shape index (κ3) is 4.47. The van der Waals surface area contributed by atoms with E-state index in [-0.39, 0.29) is 6.03 Å². The lowest BCUT2D eigenvalue weighted by molar-refractivity contribution is 0.244. The zero-order valence-electron chi connectivity index (χ0n) is 20.5. The molecule has 0 bridgehead atoms. The molecule has 2 heterocycles. The molecule has 2 amide bonds. The molecule has 8 heteroatoms. The second kappa shape index (κ2) is 9.91. The number of aryl methyl sites for hydroxylation is 1. The molecule has 0 radical (unpaired) electrons. The van der Waals surface area contributed by atoms with Crippen LogP contribution in [0, 0.1) is 6.92 Å². The van der Waals surface area contributed by atoms with E-state index in [2.05, 4.69) is 10.5 Å². The van der Waals surface area contributed by atoms with Gasteiger partial charge in [0.05, 0.1) is 24.4 Å². The molecule has 1 aromatic heterocycles. The maximum absolute atomic E-state index is 13.4. The van der Waals surface area contributed by atoms with Gasteiger partial charge in [-0.15, -0.1) is 11.8 Å². The van der Waals surface area contributed by atoms with Gasteiger partial charge in [0.2, 0.25) is 5.82 Å². The summed E-state index contributed by atoms with van der Waals surface area (Å²) in [6.07, 6.45) is 2.02. The molecule has 1 N–H and O–H groups in total. The van der Waals surface area contributed by atoms with E-state index in [1.807, 2.05) is 92.9 Å². The van der Waals surface area contributed by atoms with Crippen LogP contribution >= 0.6 is 11.8 Å². The smallest absolute Gasteiger partial charge is 0.326 e. The molecule has 0 aliphatic carbocycles. The van der Waals surface area contributed by atoms with Gasteiger partial charge in [-0.1, -0.05) is 41.1 Å². The van der Waals surface area contributed by atoms with E-state index in [9.17, 15) is 4.79 Å². The third-order valence-electron chi connectivity index (χ3n) is 6.20. The summed E-state index contributed by atoms with van der Waals surface area (Å²) in [6.45, 7) is 3.93. The number of nitrogens with zero attached hydrogens (tertiary/aromatic N) is 3. The fraction of sp³-hybridized carbons (Fsp3) is 0.179. The van der Waals surface area contributed by atoms with Crippen molar-refractivity contribution in [3.8, 4) is 17.1 Å². The van der Waals surface area contributed by atoms with Gasteiger partial charge in [0, 0.05) is 16.2 Å². The number of methoxy groups -OCH3 is 1. The monoisotopic (exact) mass is 498 g/mol. The number of rotatable bonds is 6. The Bertz CT molecular complexity index is 1430. The Kier molecular flexibility index (Phi) is 6.52. The van der Waals surface area contributed by atoms with Crippen molar-refractivity contribution in [2.24, 2.45) is 0 Å². The first-order valence-corrected chi connectivity index (χ1v) is 12.7. The first kappa shape index (κ1) is 23.7. The normalized spacial score (nSPS) is 15.7. The highest BCUT2D eigenvalue weighted by molar-refractivity contribution is 7.98. The maximum atomic E-state index is 13.4. The van der Waals surface area contributed by atoms with Gasteiger partial charge in [-0.25, -0.2) is 4.79 Å². The number of allylic oxidation sites excluding steroid dienone is 1. The number of aromatic nitrogens is 2. The quantitative estimate of drug-likeness (QED) is 0.307. The Hall–Kier alpha value is -4.04. The maximum Gasteiger partial charge on any atom is 0.326 e. The highest BCUT2D eigenvalue weighted by Gasteiger charge is 2.36. The van der Waals surface area contributed by atoms with E-state index in [1.165, 1.54) is 0 Å². The number of nitrogens with one attached hydrogen (secondary N) is 1. The number of hydrogen-bond donors (Lipinski definition) is 1. The van der Waals surface area contributed by atoms with Crippen LogP contribution in [-0.2, 0) is 0 Å². The molecule has 5 rings (SSSR count). The first-order valence-electron chi connectivity index (χ1n) is 11.5. The van der Waals surface area contributed by atoms with Gasteiger partial charge in [-0.05, 0) is 68.1 Å². The minimum Gasteiger partial charge on any atom is -0.497 e. The minimum atomic E-state index is -0.476. The van der Waals surface area contributed by atoms with Gasteiger partial charge < -0.3 is 14.6 Å². The SMILES string of the molecule is COc1ccc(C2NC(=O)N(c3ccc(SC)cc3)C(C)=C2c2nc(-c3cccc(C)c3)no2)cc1. The van der Waals surface area contributed by atoms with Gasteiger partial charge in [-0.3, -0.25) is 4.90 Å². The molecule has 182 valence electrons. The lowest BCUT2D eigenvalue weighted by atomic mass is 9.94. The van der Waals surface area contributed by atoms with Crippen molar-refractivity contribution in [1.82, 2.24) is 15.5 Å². The van der Waals surface area contributed by atoms with Gasteiger partial charge >= 0.3 is 6.03 Å². The van der Waals surface area contributed by atoms with Crippen molar-refractivity contribution < 1.29 is 14.1 Å². The molecule has 0 saturated carbocycles. The number of benzene rings is 3. The van der Waals surface area contributed by atoms with Crippen LogP contribution in [-0.4, -0.2) is 29.5 Å². The highest BCUT2D eigenvalue weighted by Crippen LogP contribution is 2.39. The standard InChI is InChI=1S/C28H26N4O3S/c1-17-6-5-7-20(16-17)26-30-27(35-31-26)24-18(2)32(21-10-14-23(36-4)15-11-21)28(33)29-25(24)19-8-12-22(34-3)13-9-19/h5-16,25H,1-4H3,(H,29,33). The summed E-state index contributed by atoms with van der Waals surface area (Å²) in [5.74, 6) is 1.59. The van der Waals surface area contributed by atoms with Crippen LogP contribution in [0.1, 0.15) is 30.0 Å². The Morgan fingerprint density at radius 1 is 1.03 bits per heavy atom. The van der Waals surface area contributed by atoms with Crippen molar-refractivity contribution in [1.29, 1.82) is 0 Å². The number of thioether (sulfide) groups is 1. The molecule has 0 spiro atoms. The first-order chi connectivity index (χ1) is 17.5. The van der Waals surface area contributed by atoms with E-state index in [1.54, 1.807) is 23.8 Å². The molecular formula is C28H26N4O3S. The molecule has 0 saturated heterocycles. The zero-order chi connectivity index (χ0) is 25.2. The summed E-state index contributed by atoms with van der Waals surface area (Å²) in [5.41, 5.74) is 5.07. The Morgan fingerprint density at radius 3 is 2.44 bits per heavy atom. The van der Waals surface area contributed by atoms with E-state index in [0.717, 1.165) is 44.3 Å². The molecule has 1 unspecified atom stereocenters. The number of amides is 2. The molecule has 1 aliphatic heterocycles. The number of hydrogen-bond acceptors (Lipinski definition) is 6. The second-order valence-electron chi connectivity index (χ2n) is 8.48. The predicted molar refractivity (Wildman–Crippen MR) is 142 cm³/mol. The fourth-order valence-corrected chi connectivity index (χ4v) is 4.75. The summed E-state index contributed by atoms with van der Waals surface area (Å²) >= 11 is 1.65. The van der Waals surface area contributed by atoms with Crippen molar-refractivity contribution in [2.45, 2.75) is 24.8 Å². The Balaban J connectivity index is 1.63. The molecular weight excluding hydrogens is 472 g/mol. The largest absolute Gasteiger partial charge is 0.497 e. The molecule has 7 nitrogen and oxygen atoms in total. The molecule has 3 aromatic carbocycles. The van der Waals surface area contributed by atoms with Crippen molar-refractivity contribution in [2.75, 3.05) is 18.3 Å². The van der Waals surface area contributed by atoms with Crippen molar-refractivity contribution in [3.05, 3.63) is 95.5 Å². The van der Waals surface area contributed by atoms with Crippen LogP contribution in [0.4, 0.5) is 10.5 Å². The van der Waals surface area contributed by atoms with Crippen LogP contribution in [0.5, 0.6) is 5.75 Å². The number of carbonyl (C=O) groups is 1. The average molecular weight is 499 g/mol. The Morgan fingerprint density at radius 2 is 1.78 bits per heavy atom. The van der Waals surface area contributed by atoms with Crippen molar-refractivity contribution >= 4 is 29.1 Å². The molecule has 1 atom stereocenters. The van der Waals surface area contributed by atoms with Crippen LogP contribution in [0.3, 0.4) is 0 Å². The molecule has 0 fully saturated rings. The van der Waals surface area contributed by atoms with Crippen LogP contribution in [0.2, 0.25) is 0 Å². The summed E-state index contributed by atoms with van der Waals surface area (Å²) in [5, 5.41) is 7.40. The predicted octanol–water partition coefficient (Wildman–Crippen LogP) is 6.48. The minimum absolute atomic E-state index is 0.229. The number of urea groups is 1. The lowest BCUT2D eigenvalue weighted by Crippen LogP contribution is -2.46. The van der Waals surface area contributed by atoms with Crippen LogP contribution < -0.4 is 15.0 Å². The van der Waals surface area contributed by atoms with Crippen molar-refractivity contribution in [3.63, 3.8) is 0 Å². The molecule has 36 heavy (non-hydrogen) atoms. The summed E-state index contributed by atoms with van der Waals surface area (Å²) in [4.78, 5) is 20.9. The van der Waals surface area contributed by atoms with Gasteiger partial charge in [0.25, 0.3) is 5.89 Å². The second-order valence-corrected chi connectivity index (χ2v) is 9.36. The topological polar surface area (TPSA) is 80.5 Å². The number of carbonyl (C=O) groups excluding carboxylic acids is 1. The number of anilines is 1. The summed E-state index contributed by atoms with van der Waals surface area (Å²) in [6, 6.07) is 22.7. The summed E-state index contributed by atoms with van der Waals surface area (Å²) in [7, 11) is 1.62. The van der Waals surface area contributed by atoms with Gasteiger partial charge in [0.1, 0.15) is 5.75 Å². The zero-order valence-corrected chi connectivity index (χ0v) is 21.3. The van der Waals surface area contributed by atoms with E-state index < -0.39 is 6.04 Å². The summed E-state index contributed by atoms with van der Waals surface area (Å²) < 4.78 is 11.1. The van der Waals surface area contributed by atoms with Gasteiger partial charge in [-0.2, -0.15) is 4.98 Å². The van der Waals surface area contributed by atoms with Crippen LogP contribution in [0.15, 0.2) is 87.9 Å². The van der Waals surface area contributed by atoms with E-state index >= 15 is 0 Å². The highest BCUT2D eigenvalue weighted by atomic mass is 32.2. The Labute approximate surface area is 214 Å². The molecule has 4 aromatic rings. The van der Waals surface area contributed by atoms with Crippen LogP contribution in [0.25, 0.3) is 17.0 Å². The lowest BCUT2D eigenvalue weighted by Gasteiger charge is -2.35. The molecule has 1 aliphatic rings. The van der Waals surface area contributed by atoms with E-state index in [0.29, 0.717) is 11.7 Å². The average Bonchev–Trinajstić information content (AvgIpc) is 3.39. The third-order valence-corrected chi connectivity index (χ3v) is 6.94. The fourth-order valence-electron chi connectivity index (χ4n) is 4.34. The van der Waals surface area contributed by atoms with E-state index in [4.69, 9.17) is 14.2 Å². The van der Waals surface area contributed by atoms with Gasteiger partial charge in [0.15, 0.2) is 0 Å². The number of ether oxygens (including phenoxy) is 1.